The lowest BCUT2D eigenvalue weighted by Crippen LogP contribution is -2.35. The number of H-pyrrole nitrogens is 1. The summed E-state index contributed by atoms with van der Waals surface area (Å²) in [5.74, 6) is 1.04. The molecule has 29 heavy (non-hydrogen) atoms. The van der Waals surface area contributed by atoms with E-state index in [4.69, 9.17) is 4.52 Å². The molecule has 0 fully saturated rings. The lowest BCUT2D eigenvalue weighted by Gasteiger charge is -2.27. The van der Waals surface area contributed by atoms with Gasteiger partial charge in [-0.1, -0.05) is 17.3 Å². The average Bonchev–Trinajstić information content (AvgIpc) is 3.00. The Morgan fingerprint density at radius 2 is 1.93 bits per heavy atom. The van der Waals surface area contributed by atoms with E-state index >= 15 is 0 Å². The first-order chi connectivity index (χ1) is 13.7. The predicted molar refractivity (Wildman–Crippen MR) is 99.1 cm³/mol. The SMILES string of the molecule is Cc1noc(C)c1CN1CCc2nc(-c3ccc(C(F)(F)F)cc3)[nH]c(=O)c2C1. The molecule has 9 heteroatoms. The molecule has 2 aromatic heterocycles. The third kappa shape index (κ3) is 3.82. The normalized spacial score (nSPS) is 14.8. The van der Waals surface area contributed by atoms with Gasteiger partial charge in [-0.05, 0) is 26.0 Å². The van der Waals surface area contributed by atoms with Gasteiger partial charge in [0.2, 0.25) is 0 Å². The Labute approximate surface area is 164 Å². The van der Waals surface area contributed by atoms with Gasteiger partial charge in [0.1, 0.15) is 11.6 Å². The maximum atomic E-state index is 12.7. The smallest absolute Gasteiger partial charge is 0.361 e. The fourth-order valence-corrected chi connectivity index (χ4v) is 3.52. The van der Waals surface area contributed by atoms with Crippen LogP contribution in [0.25, 0.3) is 11.4 Å². The van der Waals surface area contributed by atoms with E-state index in [1.165, 1.54) is 12.1 Å². The fourth-order valence-electron chi connectivity index (χ4n) is 3.52. The Hall–Kier alpha value is -2.94. The number of nitrogens with one attached hydrogen (secondary N) is 1. The topological polar surface area (TPSA) is 75.0 Å². The van der Waals surface area contributed by atoms with E-state index in [0.29, 0.717) is 42.9 Å². The summed E-state index contributed by atoms with van der Waals surface area (Å²) in [5.41, 5.74) is 2.54. The molecule has 0 amide bonds. The highest BCUT2D eigenvalue weighted by molar-refractivity contribution is 5.56. The first-order valence-electron chi connectivity index (χ1n) is 9.16. The van der Waals surface area contributed by atoms with E-state index in [1.54, 1.807) is 0 Å². The van der Waals surface area contributed by atoms with Gasteiger partial charge in [0, 0.05) is 37.2 Å². The van der Waals surface area contributed by atoms with Crippen LogP contribution < -0.4 is 5.56 Å². The van der Waals surface area contributed by atoms with Gasteiger partial charge in [-0.25, -0.2) is 4.98 Å². The second kappa shape index (κ2) is 7.14. The van der Waals surface area contributed by atoms with Crippen molar-refractivity contribution in [3.8, 4) is 11.4 Å². The lowest BCUT2D eigenvalue weighted by atomic mass is 10.0. The Morgan fingerprint density at radius 1 is 1.21 bits per heavy atom. The molecule has 1 aromatic carbocycles. The number of nitrogens with zero attached hydrogens (tertiary/aromatic N) is 3. The quantitative estimate of drug-likeness (QED) is 0.722. The molecule has 0 saturated carbocycles. The molecule has 3 aromatic rings. The number of aromatic amines is 1. The van der Waals surface area contributed by atoms with Crippen molar-refractivity contribution in [3.63, 3.8) is 0 Å². The van der Waals surface area contributed by atoms with Gasteiger partial charge in [-0.3, -0.25) is 9.69 Å². The summed E-state index contributed by atoms with van der Waals surface area (Å²) in [6, 6.07) is 4.61. The second-order valence-electron chi connectivity index (χ2n) is 7.18. The predicted octanol–water partition coefficient (Wildman–Crippen LogP) is 3.62. The Balaban J connectivity index is 1.58. The van der Waals surface area contributed by atoms with Crippen LogP contribution >= 0.6 is 0 Å². The number of halogens is 3. The molecular formula is C20H19F3N4O2. The third-order valence-corrected chi connectivity index (χ3v) is 5.20. The number of hydrogen-bond acceptors (Lipinski definition) is 5. The summed E-state index contributed by atoms with van der Waals surface area (Å²) in [6.07, 6.45) is -3.82. The molecule has 0 unspecified atom stereocenters. The van der Waals surface area contributed by atoms with Crippen molar-refractivity contribution in [2.45, 2.75) is 39.5 Å². The van der Waals surface area contributed by atoms with E-state index in [2.05, 4.69) is 20.0 Å². The van der Waals surface area contributed by atoms with E-state index in [1.807, 2.05) is 13.8 Å². The minimum atomic E-state index is -4.40. The number of hydrogen-bond donors (Lipinski definition) is 1. The van der Waals surface area contributed by atoms with Gasteiger partial charge < -0.3 is 9.51 Å². The summed E-state index contributed by atoms with van der Waals surface area (Å²) in [5, 5.41) is 3.96. The molecule has 0 aliphatic carbocycles. The first kappa shape index (κ1) is 19.4. The summed E-state index contributed by atoms with van der Waals surface area (Å²) in [4.78, 5) is 22.0. The van der Waals surface area contributed by atoms with Crippen molar-refractivity contribution in [1.82, 2.24) is 20.0 Å². The third-order valence-electron chi connectivity index (χ3n) is 5.20. The van der Waals surface area contributed by atoms with Gasteiger partial charge in [-0.2, -0.15) is 13.2 Å². The van der Waals surface area contributed by atoms with Crippen LogP contribution in [0, 0.1) is 13.8 Å². The molecule has 0 atom stereocenters. The van der Waals surface area contributed by atoms with Crippen molar-refractivity contribution in [1.29, 1.82) is 0 Å². The minimum Gasteiger partial charge on any atom is -0.361 e. The van der Waals surface area contributed by atoms with Gasteiger partial charge in [0.15, 0.2) is 0 Å². The van der Waals surface area contributed by atoms with Crippen molar-refractivity contribution < 1.29 is 17.7 Å². The van der Waals surface area contributed by atoms with E-state index < -0.39 is 11.7 Å². The fraction of sp³-hybridized carbons (Fsp3) is 0.350. The van der Waals surface area contributed by atoms with Gasteiger partial charge in [0.25, 0.3) is 5.56 Å². The molecular weight excluding hydrogens is 385 g/mol. The maximum absolute atomic E-state index is 12.7. The standard InChI is InChI=1S/C20H19F3N4O2/c1-11-15(12(2)29-26-11)9-27-8-7-17-16(10-27)19(28)25-18(24-17)13-3-5-14(6-4-13)20(21,22)23/h3-6H,7-10H2,1-2H3,(H,24,25,28). The summed E-state index contributed by atoms with van der Waals surface area (Å²) in [6.45, 7) is 5.52. The van der Waals surface area contributed by atoms with Gasteiger partial charge >= 0.3 is 6.18 Å². The van der Waals surface area contributed by atoms with Crippen LogP contribution in [0.5, 0.6) is 0 Å². The van der Waals surface area contributed by atoms with Crippen LogP contribution in [0.2, 0.25) is 0 Å². The van der Waals surface area contributed by atoms with Gasteiger partial charge in [0.05, 0.1) is 22.5 Å². The number of rotatable bonds is 3. The molecule has 0 spiro atoms. The molecule has 0 saturated heterocycles. The second-order valence-corrected chi connectivity index (χ2v) is 7.18. The van der Waals surface area contributed by atoms with Crippen LogP contribution in [0.15, 0.2) is 33.6 Å². The molecule has 1 aliphatic heterocycles. The molecule has 0 radical (unpaired) electrons. The van der Waals surface area contributed by atoms with Crippen LogP contribution in [-0.2, 0) is 25.7 Å². The zero-order chi connectivity index (χ0) is 20.8. The minimum absolute atomic E-state index is 0.270. The first-order valence-corrected chi connectivity index (χ1v) is 9.16. The van der Waals surface area contributed by atoms with E-state index in [9.17, 15) is 18.0 Å². The Bertz CT molecular complexity index is 1080. The summed E-state index contributed by atoms with van der Waals surface area (Å²) < 4.78 is 43.4. The van der Waals surface area contributed by atoms with Crippen LogP contribution in [0.4, 0.5) is 13.2 Å². The Kier molecular flexibility index (Phi) is 4.77. The average molecular weight is 404 g/mol. The molecule has 1 N–H and O–H groups in total. The van der Waals surface area contributed by atoms with E-state index in [0.717, 1.165) is 29.2 Å². The molecule has 152 valence electrons. The van der Waals surface area contributed by atoms with Crippen LogP contribution in [0.1, 0.15) is 33.8 Å². The number of fused-ring (bicyclic) bond motifs is 1. The summed E-state index contributed by atoms with van der Waals surface area (Å²) >= 11 is 0. The number of benzene rings is 1. The monoisotopic (exact) mass is 404 g/mol. The molecule has 0 bridgehead atoms. The molecule has 6 nitrogen and oxygen atoms in total. The number of alkyl halides is 3. The van der Waals surface area contributed by atoms with Crippen molar-refractivity contribution >= 4 is 0 Å². The van der Waals surface area contributed by atoms with Crippen LogP contribution in [-0.4, -0.2) is 26.6 Å². The highest BCUT2D eigenvalue weighted by Gasteiger charge is 2.30. The molecule has 3 heterocycles. The maximum Gasteiger partial charge on any atom is 0.416 e. The molecule has 4 rings (SSSR count). The zero-order valence-electron chi connectivity index (χ0n) is 15.9. The van der Waals surface area contributed by atoms with Gasteiger partial charge in [-0.15, -0.1) is 0 Å². The van der Waals surface area contributed by atoms with Crippen molar-refractivity contribution in [2.24, 2.45) is 0 Å². The zero-order valence-corrected chi connectivity index (χ0v) is 15.9. The van der Waals surface area contributed by atoms with Crippen molar-refractivity contribution in [2.75, 3.05) is 6.54 Å². The van der Waals surface area contributed by atoms with Crippen molar-refractivity contribution in [3.05, 3.63) is 68.5 Å². The molecule has 1 aliphatic rings. The summed E-state index contributed by atoms with van der Waals surface area (Å²) in [7, 11) is 0. The number of aromatic nitrogens is 3. The Morgan fingerprint density at radius 3 is 2.55 bits per heavy atom. The van der Waals surface area contributed by atoms with Crippen LogP contribution in [0.3, 0.4) is 0 Å². The largest absolute Gasteiger partial charge is 0.416 e. The highest BCUT2D eigenvalue weighted by Crippen LogP contribution is 2.30. The highest BCUT2D eigenvalue weighted by atomic mass is 19.4. The lowest BCUT2D eigenvalue weighted by molar-refractivity contribution is -0.137. The van der Waals surface area contributed by atoms with E-state index in [-0.39, 0.29) is 11.4 Å². The number of aryl methyl sites for hydroxylation is 2.